The third kappa shape index (κ3) is 7.13. The average molecular weight is 963 g/mol. The molecule has 17 heteroatoms. The topological polar surface area (TPSA) is 122 Å². The maximum atomic E-state index is 10.8. The van der Waals surface area contributed by atoms with Gasteiger partial charge in [-0.3, -0.25) is 0 Å². The number of aryl methyl sites for hydroxylation is 2. The predicted octanol–water partition coefficient (Wildman–Crippen LogP) is 9.87. The van der Waals surface area contributed by atoms with Gasteiger partial charge in [-0.25, -0.2) is 0 Å². The number of hydrogen-bond acceptors (Lipinski definition) is 10. The van der Waals surface area contributed by atoms with Crippen LogP contribution in [0.25, 0.3) is 44.1 Å². The van der Waals surface area contributed by atoms with E-state index in [2.05, 4.69) is 33.4 Å². The van der Waals surface area contributed by atoms with Crippen LogP contribution in [0.4, 0.5) is 0 Å². The van der Waals surface area contributed by atoms with Crippen LogP contribution in [0, 0.1) is 0 Å². The lowest BCUT2D eigenvalue weighted by molar-refractivity contribution is -0.693. The fourth-order valence-electron chi connectivity index (χ4n) is 9.10. The number of sulfone groups is 1. The Kier molecular flexibility index (Phi) is 10.5. The van der Waals surface area contributed by atoms with Crippen LogP contribution in [0.2, 0.25) is 0 Å². The predicted molar refractivity (Wildman–Crippen MR) is 239 cm³/mol. The maximum Gasteiger partial charge on any atom is 0.231 e. The highest BCUT2D eigenvalue weighted by Crippen LogP contribution is 2.48. The van der Waals surface area contributed by atoms with Gasteiger partial charge in [-0.15, -0.1) is 4.21 Å². The van der Waals surface area contributed by atoms with E-state index in [-0.39, 0.29) is 27.2 Å². The zero-order chi connectivity index (χ0) is 43.9. The van der Waals surface area contributed by atoms with Crippen molar-refractivity contribution in [1.82, 2.24) is 0 Å². The van der Waals surface area contributed by atoms with Gasteiger partial charge in [0, 0.05) is 25.0 Å². The minimum atomic E-state index is -3.00. The van der Waals surface area contributed by atoms with Crippen molar-refractivity contribution in [1.29, 1.82) is 0 Å². The van der Waals surface area contributed by atoms with Crippen LogP contribution in [0.1, 0.15) is 32.2 Å². The van der Waals surface area contributed by atoms with Gasteiger partial charge in [0.15, 0.2) is 73.7 Å². The van der Waals surface area contributed by atoms with Gasteiger partial charge in [0.2, 0.25) is 49.9 Å². The highest BCUT2D eigenvalue weighted by molar-refractivity contribution is 7.97. The van der Waals surface area contributed by atoms with Crippen LogP contribution >= 0.6 is 46.4 Å². The second kappa shape index (κ2) is 16.2. The normalized spacial score (nSPS) is 16.0. The van der Waals surface area contributed by atoms with E-state index in [1.54, 1.807) is 30.3 Å². The molecule has 12 nitrogen and oxygen atoms in total. The molecule has 8 heterocycles. The number of halogens is 4. The number of fused-ring (bicyclic) bond motifs is 14. The lowest BCUT2D eigenvalue weighted by atomic mass is 9.94. The molecule has 7 aromatic rings. The summed E-state index contributed by atoms with van der Waals surface area (Å²) in [6, 6.07) is 28.8. The van der Waals surface area contributed by atoms with Crippen molar-refractivity contribution in [2.24, 2.45) is 0 Å². The third-order valence-corrected chi connectivity index (χ3v) is 13.9. The molecule has 1 atom stereocenters. The fraction of sp³-hybridized carbons (Fsp3) is 0.234. The molecule has 13 rings (SSSR count). The molecule has 0 saturated heterocycles. The molecule has 0 aliphatic carbocycles. The summed E-state index contributed by atoms with van der Waals surface area (Å²) in [6.45, 7) is 2.47. The van der Waals surface area contributed by atoms with Crippen molar-refractivity contribution in [2.45, 2.75) is 40.5 Å². The van der Waals surface area contributed by atoms with Crippen molar-refractivity contribution in [2.75, 3.05) is 33.4 Å². The van der Waals surface area contributed by atoms with E-state index in [0.29, 0.717) is 16.4 Å². The third-order valence-electron chi connectivity index (χ3n) is 11.9. The first-order valence-corrected chi connectivity index (χ1v) is 23.9. The van der Waals surface area contributed by atoms with Crippen molar-refractivity contribution in [3.63, 3.8) is 0 Å². The molecule has 0 N–H and O–H groups in total. The molecule has 6 aliphatic heterocycles. The van der Waals surface area contributed by atoms with E-state index in [1.165, 1.54) is 17.4 Å². The minimum Gasteiger partial charge on any atom is -0.610 e. The summed E-state index contributed by atoms with van der Waals surface area (Å²) in [6.07, 6.45) is 2.91. The first-order valence-electron chi connectivity index (χ1n) is 20.3. The van der Waals surface area contributed by atoms with Gasteiger partial charge in [-0.1, -0.05) is 64.6 Å². The van der Waals surface area contributed by atoms with Crippen LogP contribution in [0.5, 0.6) is 46.0 Å². The molecule has 0 saturated carbocycles. The number of rotatable bonds is 3. The van der Waals surface area contributed by atoms with Crippen molar-refractivity contribution >= 4 is 78.2 Å². The highest BCUT2D eigenvalue weighted by atomic mass is 35.5. The van der Waals surface area contributed by atoms with Gasteiger partial charge in [0.1, 0.15) is 6.26 Å². The molecule has 0 fully saturated rings. The Balaban J connectivity index is 0.000000118. The molecule has 6 aliphatic rings. The molecule has 0 bridgehead atoms. The van der Waals surface area contributed by atoms with E-state index >= 15 is 0 Å². The maximum absolute atomic E-state index is 10.8. The monoisotopic (exact) mass is 960 g/mol. The Morgan fingerprint density at radius 2 is 0.938 bits per heavy atom. The standard InChI is InChI=1S/2C20H14Cl2NO4.C7H8O2S/c2*21-20(22)18-17-11(1-2-14-19(17)27-9-24-14)5-13-12-7-16-15(25-8-26-16)6-10(12)3-4-23(13)18;1-10(8,9)7-5-3-2-4-6-7/h2*1-2,5-7,20H,3-4,8-9H2;2-6H,1H3/q2*+1;. The number of pyridine rings is 2. The van der Waals surface area contributed by atoms with Crippen molar-refractivity contribution in [3.8, 4) is 68.5 Å². The lowest BCUT2D eigenvalue weighted by Crippen LogP contribution is -2.44. The van der Waals surface area contributed by atoms with Crippen molar-refractivity contribution in [3.05, 3.63) is 114 Å². The SMILES string of the molecule is C[S+](=O)([O-])c1ccccc1.ClC(Cl)c1c2c3c(ccc2cc2[n+]1CCc1cc4c(cc1-2)OCO4)OCO3.ClC(Cl)c1c2c3c(ccc2cc2[n+]1CCc1cc4c(cc1-2)OCO4)OCO3. The van der Waals surface area contributed by atoms with E-state index in [9.17, 15) is 8.76 Å². The molecule has 0 spiro atoms. The number of nitrogens with zero attached hydrogens (tertiary/aromatic N) is 2. The van der Waals surface area contributed by atoms with E-state index in [4.69, 9.17) is 84.3 Å². The average Bonchev–Trinajstić information content (AvgIpc) is 4.14. The lowest BCUT2D eigenvalue weighted by Gasteiger charge is -2.20. The molecule has 1 unspecified atom stereocenters. The Morgan fingerprint density at radius 3 is 1.34 bits per heavy atom. The van der Waals surface area contributed by atoms with Crippen LogP contribution in [-0.2, 0) is 40.4 Å². The van der Waals surface area contributed by atoms with E-state index in [0.717, 1.165) is 116 Å². The second-order valence-electron chi connectivity index (χ2n) is 15.6. The number of ether oxygens (including phenoxy) is 8. The molecular formula is C47H36Cl4N2O10S+2. The van der Waals surface area contributed by atoms with Gasteiger partial charge in [0.25, 0.3) is 0 Å². The van der Waals surface area contributed by atoms with Gasteiger partial charge in [-0.05, 0) is 82.6 Å². The molecule has 2 aromatic heterocycles. The van der Waals surface area contributed by atoms with E-state index in [1.807, 2.05) is 36.4 Å². The van der Waals surface area contributed by atoms with Gasteiger partial charge < -0.3 is 42.4 Å². The van der Waals surface area contributed by atoms with Crippen LogP contribution < -0.4 is 47.0 Å². The number of alkyl halides is 4. The molecule has 5 aromatic carbocycles. The highest BCUT2D eigenvalue weighted by Gasteiger charge is 2.38. The Hall–Kier alpha value is -5.41. The molecule has 64 heavy (non-hydrogen) atoms. The summed E-state index contributed by atoms with van der Waals surface area (Å²) >= 11 is 25.8. The number of benzene rings is 5. The zero-order valence-electron chi connectivity index (χ0n) is 33.9. The summed E-state index contributed by atoms with van der Waals surface area (Å²) in [5, 5.41) is 3.84. The van der Waals surface area contributed by atoms with Crippen LogP contribution in [0.3, 0.4) is 0 Å². The summed E-state index contributed by atoms with van der Waals surface area (Å²) < 4.78 is 70.8. The molecular weight excluding hydrogens is 926 g/mol. The smallest absolute Gasteiger partial charge is 0.231 e. The largest absolute Gasteiger partial charge is 0.610 e. The Bertz CT molecular complexity index is 2930. The molecule has 0 radical (unpaired) electrons. The van der Waals surface area contributed by atoms with Gasteiger partial charge in [0.05, 0.1) is 32.1 Å². The summed E-state index contributed by atoms with van der Waals surface area (Å²) in [5.74, 6) is 6.00. The summed E-state index contributed by atoms with van der Waals surface area (Å²) in [5.41, 5.74) is 8.45. The first-order chi connectivity index (χ1) is 31.0. The minimum absolute atomic E-state index is 0.206. The molecule has 326 valence electrons. The van der Waals surface area contributed by atoms with Gasteiger partial charge in [-0.2, -0.15) is 9.13 Å². The Morgan fingerprint density at radius 1 is 0.531 bits per heavy atom. The summed E-state index contributed by atoms with van der Waals surface area (Å²) in [7, 11) is -3.00. The van der Waals surface area contributed by atoms with E-state index < -0.39 is 19.9 Å². The number of hydrogen-bond donors (Lipinski definition) is 0. The quantitative estimate of drug-likeness (QED) is 0.0962. The van der Waals surface area contributed by atoms with Crippen LogP contribution in [-0.4, -0.2) is 38.0 Å². The number of aromatic nitrogens is 2. The van der Waals surface area contributed by atoms with Crippen molar-refractivity contribution < 1.29 is 55.8 Å². The molecule has 0 amide bonds. The Labute approximate surface area is 387 Å². The second-order valence-corrected chi connectivity index (χ2v) is 19.8. The van der Waals surface area contributed by atoms with Crippen LogP contribution in [0.15, 0.2) is 95.9 Å². The zero-order valence-corrected chi connectivity index (χ0v) is 37.7. The summed E-state index contributed by atoms with van der Waals surface area (Å²) in [4.78, 5) is -1.02. The van der Waals surface area contributed by atoms with Gasteiger partial charge >= 0.3 is 0 Å². The fourth-order valence-corrected chi connectivity index (χ4v) is 10.7. The first kappa shape index (κ1) is 41.3.